The van der Waals surface area contributed by atoms with Crippen molar-refractivity contribution in [1.82, 2.24) is 5.32 Å². The number of benzene rings is 2. The lowest BCUT2D eigenvalue weighted by Crippen LogP contribution is -3.14. The van der Waals surface area contributed by atoms with Gasteiger partial charge in [-0.1, -0.05) is 30.3 Å². The van der Waals surface area contributed by atoms with E-state index in [9.17, 15) is 9.59 Å². The number of ether oxygens (including phenoxy) is 1. The second-order valence-electron chi connectivity index (χ2n) is 7.51. The van der Waals surface area contributed by atoms with Gasteiger partial charge >= 0.3 is 0 Å². The van der Waals surface area contributed by atoms with E-state index in [4.69, 9.17) is 9.15 Å². The fourth-order valence-corrected chi connectivity index (χ4v) is 3.64. The first kappa shape index (κ1) is 20.8. The molecule has 1 saturated heterocycles. The fraction of sp³-hybridized carbons (Fsp3) is 0.250. The summed E-state index contributed by atoms with van der Waals surface area (Å²) in [5.41, 5.74) is 2.21. The van der Waals surface area contributed by atoms with Gasteiger partial charge in [0, 0.05) is 11.3 Å². The largest absolute Gasteiger partial charge is 0.459 e. The Morgan fingerprint density at radius 3 is 2.32 bits per heavy atom. The van der Waals surface area contributed by atoms with E-state index in [-0.39, 0.29) is 23.6 Å². The molecule has 160 valence electrons. The monoisotopic (exact) mass is 420 g/mol. The van der Waals surface area contributed by atoms with Gasteiger partial charge in [0.15, 0.2) is 5.76 Å². The molecule has 7 heteroatoms. The van der Waals surface area contributed by atoms with Gasteiger partial charge in [0.1, 0.15) is 25.7 Å². The molecule has 0 bridgehead atoms. The van der Waals surface area contributed by atoms with Crippen molar-refractivity contribution in [2.24, 2.45) is 0 Å². The molecule has 0 spiro atoms. The third-order valence-electron chi connectivity index (χ3n) is 5.35. The van der Waals surface area contributed by atoms with Crippen LogP contribution in [0.4, 0.5) is 5.69 Å². The molecule has 0 radical (unpaired) electrons. The summed E-state index contributed by atoms with van der Waals surface area (Å²) < 4.78 is 10.5. The van der Waals surface area contributed by atoms with Crippen LogP contribution in [-0.4, -0.2) is 44.7 Å². The number of hydrogen-bond donors (Lipinski definition) is 3. The van der Waals surface area contributed by atoms with Crippen LogP contribution in [0.25, 0.3) is 0 Å². The number of carbonyl (C=O) groups is 2. The molecule has 1 fully saturated rings. The molecule has 7 nitrogen and oxygen atoms in total. The third-order valence-corrected chi connectivity index (χ3v) is 5.35. The summed E-state index contributed by atoms with van der Waals surface area (Å²) in [7, 11) is 0. The molecule has 2 amide bonds. The average Bonchev–Trinajstić information content (AvgIpc) is 3.36. The molecule has 0 aliphatic carbocycles. The molecular formula is C24H26N3O4+. The first-order valence-electron chi connectivity index (χ1n) is 10.4. The summed E-state index contributed by atoms with van der Waals surface area (Å²) in [5.74, 6) is -0.247. The highest BCUT2D eigenvalue weighted by Crippen LogP contribution is 2.15. The molecule has 3 N–H and O–H groups in total. The Morgan fingerprint density at radius 1 is 0.903 bits per heavy atom. The Labute approximate surface area is 181 Å². The molecule has 4 rings (SSSR count). The lowest BCUT2D eigenvalue weighted by molar-refractivity contribution is -0.909. The van der Waals surface area contributed by atoms with E-state index in [1.54, 1.807) is 36.4 Å². The molecule has 3 aromatic rings. The highest BCUT2D eigenvalue weighted by Gasteiger charge is 2.23. The summed E-state index contributed by atoms with van der Waals surface area (Å²) in [5, 5.41) is 5.93. The van der Waals surface area contributed by atoms with Crippen LogP contribution >= 0.6 is 0 Å². The number of quaternary nitrogens is 1. The van der Waals surface area contributed by atoms with Crippen LogP contribution in [0.1, 0.15) is 32.5 Å². The predicted octanol–water partition coefficient (Wildman–Crippen LogP) is 1.92. The van der Waals surface area contributed by atoms with Gasteiger partial charge in [-0.2, -0.15) is 0 Å². The Bertz CT molecular complexity index is 981. The van der Waals surface area contributed by atoms with Crippen LogP contribution in [0.3, 0.4) is 0 Å². The van der Waals surface area contributed by atoms with Crippen molar-refractivity contribution >= 4 is 17.5 Å². The molecule has 1 aromatic heterocycles. The van der Waals surface area contributed by atoms with E-state index in [0.29, 0.717) is 11.3 Å². The van der Waals surface area contributed by atoms with Crippen molar-refractivity contribution in [3.05, 3.63) is 89.9 Å². The van der Waals surface area contributed by atoms with Crippen LogP contribution < -0.4 is 15.5 Å². The minimum absolute atomic E-state index is 0.0971. The lowest BCUT2D eigenvalue weighted by Gasteiger charge is -2.28. The number of nitrogens with one attached hydrogen (secondary N) is 3. The summed E-state index contributed by atoms with van der Waals surface area (Å²) in [4.78, 5) is 26.4. The lowest BCUT2D eigenvalue weighted by atomic mass is 10.1. The topological polar surface area (TPSA) is 85.0 Å². The van der Waals surface area contributed by atoms with Gasteiger partial charge in [-0.25, -0.2) is 0 Å². The van der Waals surface area contributed by atoms with Crippen molar-refractivity contribution < 1.29 is 23.6 Å². The minimum Gasteiger partial charge on any atom is -0.459 e. The number of anilines is 1. The quantitative estimate of drug-likeness (QED) is 0.545. The van der Waals surface area contributed by atoms with Crippen LogP contribution in [-0.2, 0) is 4.74 Å². The van der Waals surface area contributed by atoms with Gasteiger partial charge in [0.2, 0.25) is 0 Å². The Balaban J connectivity index is 1.42. The highest BCUT2D eigenvalue weighted by molar-refractivity contribution is 6.02. The van der Waals surface area contributed by atoms with Gasteiger partial charge in [-0.3, -0.25) is 9.59 Å². The SMILES string of the molecule is O=C(N[C@H](C[NH+]1CCOCC1)c1ccccc1)c1ccc(NC(=O)c2ccco2)cc1. The second kappa shape index (κ2) is 10.1. The van der Waals surface area contributed by atoms with Crippen LogP contribution in [0.5, 0.6) is 0 Å². The number of rotatable bonds is 7. The Hall–Kier alpha value is -3.42. The molecule has 2 aromatic carbocycles. The Kier molecular flexibility index (Phi) is 6.76. The first-order chi connectivity index (χ1) is 15.2. The van der Waals surface area contributed by atoms with Gasteiger partial charge in [-0.15, -0.1) is 0 Å². The molecule has 1 aliphatic heterocycles. The maximum atomic E-state index is 12.9. The summed E-state index contributed by atoms with van der Waals surface area (Å²) in [6, 6.07) is 20.0. The van der Waals surface area contributed by atoms with Crippen LogP contribution in [0.15, 0.2) is 77.4 Å². The molecule has 1 aliphatic rings. The second-order valence-corrected chi connectivity index (χ2v) is 7.51. The molecule has 0 unspecified atom stereocenters. The normalized spacial score (nSPS) is 15.2. The number of hydrogen-bond acceptors (Lipinski definition) is 4. The van der Waals surface area contributed by atoms with Crippen molar-refractivity contribution in [2.75, 3.05) is 38.2 Å². The van der Waals surface area contributed by atoms with Gasteiger partial charge in [0.25, 0.3) is 11.8 Å². The standard InChI is InChI=1S/C24H25N3O4/c28-23(19-8-10-20(11-9-19)25-24(29)22-7-4-14-31-22)26-21(18-5-2-1-3-6-18)17-27-12-15-30-16-13-27/h1-11,14,21H,12-13,15-17H2,(H,25,29)(H,26,28)/p+1/t21-/m1/s1. The van der Waals surface area contributed by atoms with Crippen molar-refractivity contribution in [3.8, 4) is 0 Å². The molecule has 1 atom stereocenters. The van der Waals surface area contributed by atoms with E-state index >= 15 is 0 Å². The molecular weight excluding hydrogens is 394 g/mol. The zero-order valence-electron chi connectivity index (χ0n) is 17.2. The van der Waals surface area contributed by atoms with Crippen molar-refractivity contribution in [2.45, 2.75) is 6.04 Å². The summed E-state index contributed by atoms with van der Waals surface area (Å²) >= 11 is 0. The molecule has 31 heavy (non-hydrogen) atoms. The van der Waals surface area contributed by atoms with E-state index < -0.39 is 0 Å². The average molecular weight is 420 g/mol. The number of morpholine rings is 1. The van der Waals surface area contributed by atoms with Gasteiger partial charge < -0.3 is 24.7 Å². The summed E-state index contributed by atoms with van der Waals surface area (Å²) in [6.07, 6.45) is 1.45. The molecule has 2 heterocycles. The minimum atomic E-state index is -0.333. The fourth-order valence-electron chi connectivity index (χ4n) is 3.64. The summed E-state index contributed by atoms with van der Waals surface area (Å²) in [6.45, 7) is 4.16. The maximum Gasteiger partial charge on any atom is 0.291 e. The van der Waals surface area contributed by atoms with E-state index in [1.165, 1.54) is 11.2 Å². The molecule has 0 saturated carbocycles. The Morgan fingerprint density at radius 2 is 1.65 bits per heavy atom. The van der Waals surface area contributed by atoms with E-state index in [1.807, 2.05) is 30.3 Å². The van der Waals surface area contributed by atoms with Crippen molar-refractivity contribution in [1.29, 1.82) is 0 Å². The third kappa shape index (κ3) is 5.59. The van der Waals surface area contributed by atoms with Crippen LogP contribution in [0, 0.1) is 0 Å². The number of furan rings is 1. The first-order valence-corrected chi connectivity index (χ1v) is 10.4. The zero-order chi connectivity index (χ0) is 21.5. The van der Waals surface area contributed by atoms with Gasteiger partial charge in [0.05, 0.1) is 19.5 Å². The maximum absolute atomic E-state index is 12.9. The van der Waals surface area contributed by atoms with E-state index in [2.05, 4.69) is 10.6 Å². The zero-order valence-corrected chi connectivity index (χ0v) is 17.2. The van der Waals surface area contributed by atoms with Crippen LogP contribution in [0.2, 0.25) is 0 Å². The predicted molar refractivity (Wildman–Crippen MR) is 116 cm³/mol. The number of carbonyl (C=O) groups excluding carboxylic acids is 2. The van der Waals surface area contributed by atoms with Gasteiger partial charge in [-0.05, 0) is 42.0 Å². The highest BCUT2D eigenvalue weighted by atomic mass is 16.5. The number of amides is 2. The van der Waals surface area contributed by atoms with Crippen molar-refractivity contribution in [3.63, 3.8) is 0 Å². The van der Waals surface area contributed by atoms with E-state index in [0.717, 1.165) is 38.4 Å². The smallest absolute Gasteiger partial charge is 0.291 e.